The fraction of sp³-hybridized carbons (Fsp3) is 0.200. The lowest BCUT2D eigenvalue weighted by Gasteiger charge is -2.15. The molecule has 5 heteroatoms. The monoisotopic (exact) mass is 305 g/mol. The van der Waals surface area contributed by atoms with Gasteiger partial charge in [0.2, 0.25) is 0 Å². The lowest BCUT2D eigenvalue weighted by atomic mass is 10.0. The normalized spacial score (nSPS) is 12.6. The van der Waals surface area contributed by atoms with Crippen LogP contribution >= 0.6 is 22.7 Å². The zero-order valence-electron chi connectivity index (χ0n) is 11.3. The third-order valence-electron chi connectivity index (χ3n) is 3.24. The number of ether oxygens (including phenoxy) is 2. The van der Waals surface area contributed by atoms with Gasteiger partial charge in [0, 0.05) is 19.8 Å². The topological polar surface area (TPSA) is 44.5 Å². The van der Waals surface area contributed by atoms with Gasteiger partial charge in [0.05, 0.1) is 20.3 Å². The molecule has 3 nitrogen and oxygen atoms in total. The van der Waals surface area contributed by atoms with Gasteiger partial charge in [-0.2, -0.15) is 0 Å². The van der Waals surface area contributed by atoms with Crippen molar-refractivity contribution in [1.82, 2.24) is 0 Å². The average Bonchev–Trinajstić information content (AvgIpc) is 3.07. The van der Waals surface area contributed by atoms with Gasteiger partial charge in [-0.25, -0.2) is 0 Å². The Hall–Kier alpha value is -1.56. The molecule has 0 aliphatic heterocycles. The Bertz CT molecular complexity index is 704. The molecule has 3 rings (SSSR count). The summed E-state index contributed by atoms with van der Waals surface area (Å²) in [7, 11) is 3.31. The molecule has 1 aromatic carbocycles. The van der Waals surface area contributed by atoms with Gasteiger partial charge in [-0.15, -0.1) is 22.7 Å². The first-order valence-electron chi connectivity index (χ1n) is 6.17. The Morgan fingerprint density at radius 1 is 1.05 bits per heavy atom. The minimum atomic E-state index is -0.204. The molecular weight excluding hydrogens is 290 g/mol. The first kappa shape index (κ1) is 13.4. The van der Waals surface area contributed by atoms with Crippen LogP contribution in [0.5, 0.6) is 11.5 Å². The number of thiophene rings is 2. The number of methoxy groups -OCH3 is 2. The fourth-order valence-corrected chi connectivity index (χ4v) is 4.31. The molecule has 1 atom stereocenters. The number of rotatable bonds is 4. The third-order valence-corrected chi connectivity index (χ3v) is 5.41. The summed E-state index contributed by atoms with van der Waals surface area (Å²) in [6.45, 7) is 0. The van der Waals surface area contributed by atoms with Crippen molar-refractivity contribution in [3.05, 3.63) is 46.2 Å². The summed E-state index contributed by atoms with van der Waals surface area (Å²) >= 11 is 3.47. The molecule has 0 bridgehead atoms. The molecule has 0 amide bonds. The average molecular weight is 305 g/mol. The maximum Gasteiger partial charge on any atom is 0.124 e. The van der Waals surface area contributed by atoms with Crippen LogP contribution in [0.15, 0.2) is 35.7 Å². The van der Waals surface area contributed by atoms with Crippen molar-refractivity contribution in [1.29, 1.82) is 0 Å². The summed E-state index contributed by atoms with van der Waals surface area (Å²) in [5.74, 6) is 1.57. The molecular formula is C15H15NO2S2. The number of nitrogens with two attached hydrogens (primary N) is 1. The van der Waals surface area contributed by atoms with E-state index in [1.807, 2.05) is 18.2 Å². The second-order valence-corrected chi connectivity index (χ2v) is 6.45. The lowest BCUT2D eigenvalue weighted by Crippen LogP contribution is -2.11. The van der Waals surface area contributed by atoms with Gasteiger partial charge in [0.15, 0.2) is 0 Å². The van der Waals surface area contributed by atoms with Crippen LogP contribution in [-0.2, 0) is 0 Å². The largest absolute Gasteiger partial charge is 0.497 e. The highest BCUT2D eigenvalue weighted by Gasteiger charge is 2.18. The second-order valence-electron chi connectivity index (χ2n) is 4.38. The van der Waals surface area contributed by atoms with Crippen molar-refractivity contribution in [2.24, 2.45) is 5.73 Å². The van der Waals surface area contributed by atoms with Gasteiger partial charge in [-0.05, 0) is 35.7 Å². The first-order valence-corrected chi connectivity index (χ1v) is 7.87. The van der Waals surface area contributed by atoms with Crippen LogP contribution in [0.3, 0.4) is 0 Å². The van der Waals surface area contributed by atoms with Crippen LogP contribution in [0.25, 0.3) is 9.40 Å². The van der Waals surface area contributed by atoms with E-state index in [0.29, 0.717) is 0 Å². The van der Waals surface area contributed by atoms with Crippen molar-refractivity contribution in [2.75, 3.05) is 14.2 Å². The lowest BCUT2D eigenvalue weighted by molar-refractivity contribution is 0.397. The van der Waals surface area contributed by atoms with Crippen LogP contribution in [0.4, 0.5) is 0 Å². The van der Waals surface area contributed by atoms with E-state index in [1.54, 1.807) is 36.9 Å². The molecule has 0 radical (unpaired) electrons. The summed E-state index contributed by atoms with van der Waals surface area (Å²) in [6.07, 6.45) is 0. The van der Waals surface area contributed by atoms with E-state index in [-0.39, 0.29) is 6.04 Å². The molecule has 0 saturated heterocycles. The van der Waals surface area contributed by atoms with E-state index in [1.165, 1.54) is 9.40 Å². The van der Waals surface area contributed by atoms with Gasteiger partial charge in [-0.3, -0.25) is 0 Å². The van der Waals surface area contributed by atoms with Gasteiger partial charge >= 0.3 is 0 Å². The van der Waals surface area contributed by atoms with E-state index >= 15 is 0 Å². The minimum Gasteiger partial charge on any atom is -0.497 e. The molecule has 0 spiro atoms. The minimum absolute atomic E-state index is 0.204. The van der Waals surface area contributed by atoms with E-state index in [2.05, 4.69) is 17.5 Å². The Morgan fingerprint density at radius 2 is 1.90 bits per heavy atom. The van der Waals surface area contributed by atoms with Gasteiger partial charge < -0.3 is 15.2 Å². The maximum absolute atomic E-state index is 6.42. The van der Waals surface area contributed by atoms with Crippen LogP contribution in [0.2, 0.25) is 0 Å². The van der Waals surface area contributed by atoms with Crippen LogP contribution in [-0.4, -0.2) is 14.2 Å². The van der Waals surface area contributed by atoms with Crippen molar-refractivity contribution < 1.29 is 9.47 Å². The van der Waals surface area contributed by atoms with Crippen molar-refractivity contribution in [3.63, 3.8) is 0 Å². The number of benzene rings is 1. The Labute approximate surface area is 125 Å². The van der Waals surface area contributed by atoms with E-state index in [4.69, 9.17) is 15.2 Å². The standard InChI is InChI=1S/C15H15NO2S2/c1-17-9-3-4-11(18-2)10(7-9)15(16)14-8-13-12(20-14)5-6-19-13/h3-8,15H,16H2,1-2H3. The van der Waals surface area contributed by atoms with Gasteiger partial charge in [0.1, 0.15) is 11.5 Å². The van der Waals surface area contributed by atoms with E-state index < -0.39 is 0 Å². The molecule has 104 valence electrons. The molecule has 0 aliphatic rings. The highest BCUT2D eigenvalue weighted by molar-refractivity contribution is 7.27. The summed E-state index contributed by atoms with van der Waals surface area (Å²) in [4.78, 5) is 1.14. The smallest absolute Gasteiger partial charge is 0.124 e. The van der Waals surface area contributed by atoms with Crippen LogP contribution < -0.4 is 15.2 Å². The number of fused-ring (bicyclic) bond motifs is 1. The molecule has 3 aromatic rings. The predicted molar refractivity (Wildman–Crippen MR) is 85.3 cm³/mol. The third kappa shape index (κ3) is 2.28. The maximum atomic E-state index is 6.42. The zero-order chi connectivity index (χ0) is 14.1. The van der Waals surface area contributed by atoms with Crippen LogP contribution in [0, 0.1) is 0 Å². The van der Waals surface area contributed by atoms with Gasteiger partial charge in [0.25, 0.3) is 0 Å². The highest BCUT2D eigenvalue weighted by atomic mass is 32.1. The number of hydrogen-bond donors (Lipinski definition) is 1. The quantitative estimate of drug-likeness (QED) is 0.791. The van der Waals surface area contributed by atoms with E-state index in [9.17, 15) is 0 Å². The Kier molecular flexibility index (Phi) is 3.65. The highest BCUT2D eigenvalue weighted by Crippen LogP contribution is 2.38. The first-order chi connectivity index (χ1) is 9.72. The fourth-order valence-electron chi connectivity index (χ4n) is 2.17. The summed E-state index contributed by atoms with van der Waals surface area (Å²) in [5, 5.41) is 2.10. The number of hydrogen-bond acceptors (Lipinski definition) is 5. The summed E-state index contributed by atoms with van der Waals surface area (Å²) in [5.41, 5.74) is 7.36. The van der Waals surface area contributed by atoms with Crippen molar-refractivity contribution >= 4 is 32.1 Å². The molecule has 20 heavy (non-hydrogen) atoms. The Balaban J connectivity index is 2.04. The SMILES string of the molecule is COc1ccc(OC)c(C(N)c2cc3sccc3s2)c1. The molecule has 2 N–H and O–H groups in total. The molecule has 0 saturated carbocycles. The molecule has 0 fully saturated rings. The van der Waals surface area contributed by atoms with Gasteiger partial charge in [-0.1, -0.05) is 0 Å². The zero-order valence-corrected chi connectivity index (χ0v) is 12.9. The Morgan fingerprint density at radius 3 is 2.60 bits per heavy atom. The molecule has 2 heterocycles. The molecule has 1 unspecified atom stereocenters. The summed E-state index contributed by atoms with van der Waals surface area (Å²) < 4.78 is 13.3. The molecule has 2 aromatic heterocycles. The summed E-state index contributed by atoms with van der Waals surface area (Å²) in [6, 6.07) is 9.80. The molecule has 0 aliphatic carbocycles. The van der Waals surface area contributed by atoms with Crippen molar-refractivity contribution in [2.45, 2.75) is 6.04 Å². The second kappa shape index (κ2) is 5.44. The van der Waals surface area contributed by atoms with E-state index in [0.717, 1.165) is 21.9 Å². The predicted octanol–water partition coefficient (Wildman–Crippen LogP) is 4.03. The van der Waals surface area contributed by atoms with Crippen molar-refractivity contribution in [3.8, 4) is 11.5 Å². The van der Waals surface area contributed by atoms with Crippen LogP contribution in [0.1, 0.15) is 16.5 Å².